The smallest absolute Gasteiger partial charge is 0.147 e. The van der Waals surface area contributed by atoms with Gasteiger partial charge < -0.3 is 15.1 Å². The van der Waals surface area contributed by atoms with Crippen LogP contribution in [0.3, 0.4) is 0 Å². The number of aliphatic hydroxyl groups is 2. The molecule has 0 bridgehead atoms. The number of piperidine rings is 1. The van der Waals surface area contributed by atoms with E-state index in [0.717, 1.165) is 31.7 Å². The van der Waals surface area contributed by atoms with E-state index in [1.165, 1.54) is 0 Å². The third-order valence-electron chi connectivity index (χ3n) is 3.02. The molecule has 0 aromatic carbocycles. The first-order valence-corrected chi connectivity index (χ1v) is 5.50. The number of hydrogen-bond acceptors (Lipinski definition) is 5. The van der Waals surface area contributed by atoms with E-state index in [1.54, 1.807) is 12.4 Å². The zero-order valence-corrected chi connectivity index (χ0v) is 9.43. The molecule has 1 aromatic rings. The van der Waals surface area contributed by atoms with E-state index in [2.05, 4.69) is 14.9 Å². The Morgan fingerprint density at radius 1 is 1.31 bits per heavy atom. The molecule has 0 spiro atoms. The lowest BCUT2D eigenvalue weighted by molar-refractivity contribution is 0.0350. The SMILES string of the molecule is CC1(O)CCN(c2cnc(CO)cn2)CC1. The fourth-order valence-electron chi connectivity index (χ4n) is 1.81. The van der Waals surface area contributed by atoms with Crippen molar-refractivity contribution in [2.45, 2.75) is 32.0 Å². The van der Waals surface area contributed by atoms with Gasteiger partial charge in [-0.1, -0.05) is 0 Å². The number of hydrogen-bond donors (Lipinski definition) is 2. The molecule has 1 aromatic heterocycles. The lowest BCUT2D eigenvalue weighted by Gasteiger charge is -2.36. The molecule has 0 aliphatic carbocycles. The maximum absolute atomic E-state index is 9.83. The highest BCUT2D eigenvalue weighted by atomic mass is 16.3. The molecule has 5 heteroatoms. The van der Waals surface area contributed by atoms with E-state index in [-0.39, 0.29) is 6.61 Å². The summed E-state index contributed by atoms with van der Waals surface area (Å²) >= 11 is 0. The molecule has 0 unspecified atom stereocenters. The minimum Gasteiger partial charge on any atom is -0.390 e. The van der Waals surface area contributed by atoms with Crippen molar-refractivity contribution in [3.63, 3.8) is 0 Å². The quantitative estimate of drug-likeness (QED) is 0.755. The molecule has 1 fully saturated rings. The van der Waals surface area contributed by atoms with Gasteiger partial charge in [-0.05, 0) is 19.8 Å². The van der Waals surface area contributed by atoms with Crippen LogP contribution in [-0.2, 0) is 6.61 Å². The van der Waals surface area contributed by atoms with Gasteiger partial charge in [-0.2, -0.15) is 0 Å². The first kappa shape index (κ1) is 11.3. The highest BCUT2D eigenvalue weighted by Crippen LogP contribution is 2.24. The third-order valence-corrected chi connectivity index (χ3v) is 3.02. The number of anilines is 1. The summed E-state index contributed by atoms with van der Waals surface area (Å²) in [7, 11) is 0. The number of nitrogens with zero attached hydrogens (tertiary/aromatic N) is 3. The zero-order valence-electron chi connectivity index (χ0n) is 9.43. The van der Waals surface area contributed by atoms with Crippen molar-refractivity contribution in [3.05, 3.63) is 18.1 Å². The van der Waals surface area contributed by atoms with Crippen LogP contribution in [0.15, 0.2) is 12.4 Å². The molecular weight excluding hydrogens is 206 g/mol. The maximum atomic E-state index is 9.83. The van der Waals surface area contributed by atoms with Crippen molar-refractivity contribution in [2.75, 3.05) is 18.0 Å². The maximum Gasteiger partial charge on any atom is 0.147 e. The molecule has 2 N–H and O–H groups in total. The van der Waals surface area contributed by atoms with Crippen molar-refractivity contribution in [1.82, 2.24) is 9.97 Å². The standard InChI is InChI=1S/C11H17N3O2/c1-11(16)2-4-14(5-3-11)10-7-12-9(8-15)6-13-10/h6-7,15-16H,2-5,8H2,1H3. The first-order valence-electron chi connectivity index (χ1n) is 5.50. The predicted molar refractivity (Wildman–Crippen MR) is 60.0 cm³/mol. The van der Waals surface area contributed by atoms with Crippen molar-refractivity contribution in [1.29, 1.82) is 0 Å². The van der Waals surface area contributed by atoms with Gasteiger partial charge in [0.05, 0.1) is 30.3 Å². The van der Waals surface area contributed by atoms with Gasteiger partial charge >= 0.3 is 0 Å². The van der Waals surface area contributed by atoms with Crippen molar-refractivity contribution in [3.8, 4) is 0 Å². The van der Waals surface area contributed by atoms with Gasteiger partial charge in [0.25, 0.3) is 0 Å². The summed E-state index contributed by atoms with van der Waals surface area (Å²) in [5.74, 6) is 0.813. The Labute approximate surface area is 94.8 Å². The van der Waals surface area contributed by atoms with E-state index in [4.69, 9.17) is 5.11 Å². The number of aromatic nitrogens is 2. The summed E-state index contributed by atoms with van der Waals surface area (Å²) in [5.41, 5.74) is 0.0300. The predicted octanol–water partition coefficient (Wildman–Crippen LogP) is 0.320. The molecule has 1 aliphatic heterocycles. The van der Waals surface area contributed by atoms with E-state index in [9.17, 15) is 5.11 Å². The molecular formula is C11H17N3O2. The van der Waals surface area contributed by atoms with E-state index >= 15 is 0 Å². The van der Waals surface area contributed by atoms with Crippen LogP contribution in [0, 0.1) is 0 Å². The largest absolute Gasteiger partial charge is 0.390 e. The summed E-state index contributed by atoms with van der Waals surface area (Å²) < 4.78 is 0. The zero-order chi connectivity index (χ0) is 11.6. The van der Waals surface area contributed by atoms with Crippen LogP contribution in [0.5, 0.6) is 0 Å². The lowest BCUT2D eigenvalue weighted by Crippen LogP contribution is -2.42. The van der Waals surface area contributed by atoms with E-state index in [0.29, 0.717) is 5.69 Å². The van der Waals surface area contributed by atoms with E-state index < -0.39 is 5.60 Å². The van der Waals surface area contributed by atoms with E-state index in [1.807, 2.05) is 6.92 Å². The lowest BCUT2D eigenvalue weighted by atomic mass is 9.94. The summed E-state index contributed by atoms with van der Waals surface area (Å²) in [6, 6.07) is 0. The molecule has 0 amide bonds. The van der Waals surface area contributed by atoms with Crippen molar-refractivity contribution < 1.29 is 10.2 Å². The van der Waals surface area contributed by atoms with Crippen LogP contribution in [0.25, 0.3) is 0 Å². The molecule has 0 saturated carbocycles. The van der Waals surface area contributed by atoms with Gasteiger partial charge in [0, 0.05) is 13.1 Å². The molecule has 2 heterocycles. The third kappa shape index (κ3) is 2.48. The van der Waals surface area contributed by atoms with Crippen LogP contribution >= 0.6 is 0 Å². The van der Waals surface area contributed by atoms with Crippen LogP contribution in [-0.4, -0.2) is 38.9 Å². The average Bonchev–Trinajstić information content (AvgIpc) is 2.29. The second kappa shape index (κ2) is 4.35. The Hall–Kier alpha value is -1.20. The van der Waals surface area contributed by atoms with Gasteiger partial charge in [-0.3, -0.25) is 4.98 Å². The first-order chi connectivity index (χ1) is 7.61. The molecule has 0 atom stereocenters. The molecule has 0 radical (unpaired) electrons. The van der Waals surface area contributed by atoms with Crippen molar-refractivity contribution in [2.24, 2.45) is 0 Å². The minimum absolute atomic E-state index is 0.0814. The number of rotatable bonds is 2. The fourth-order valence-corrected chi connectivity index (χ4v) is 1.81. The topological polar surface area (TPSA) is 69.5 Å². The second-order valence-electron chi connectivity index (χ2n) is 4.51. The normalized spacial score (nSPS) is 19.8. The Kier molecular flexibility index (Phi) is 3.07. The summed E-state index contributed by atoms with van der Waals surface area (Å²) in [6.07, 6.45) is 4.75. The van der Waals surface area contributed by atoms with Crippen LogP contribution in [0.2, 0.25) is 0 Å². The fraction of sp³-hybridized carbons (Fsp3) is 0.636. The molecule has 2 rings (SSSR count). The summed E-state index contributed by atoms with van der Waals surface area (Å²) in [5, 5.41) is 18.7. The summed E-state index contributed by atoms with van der Waals surface area (Å²) in [4.78, 5) is 10.4. The van der Waals surface area contributed by atoms with Gasteiger partial charge in [-0.25, -0.2) is 4.98 Å². The minimum atomic E-state index is -0.547. The molecule has 5 nitrogen and oxygen atoms in total. The second-order valence-corrected chi connectivity index (χ2v) is 4.51. The number of aliphatic hydroxyl groups excluding tert-OH is 1. The van der Waals surface area contributed by atoms with Crippen LogP contribution < -0.4 is 4.90 Å². The van der Waals surface area contributed by atoms with Gasteiger partial charge in [0.1, 0.15) is 5.82 Å². The average molecular weight is 223 g/mol. The molecule has 88 valence electrons. The highest BCUT2D eigenvalue weighted by Gasteiger charge is 2.27. The Morgan fingerprint density at radius 2 is 2.00 bits per heavy atom. The highest BCUT2D eigenvalue weighted by molar-refractivity contribution is 5.36. The van der Waals surface area contributed by atoms with Crippen LogP contribution in [0.1, 0.15) is 25.5 Å². The Bertz CT molecular complexity index is 341. The van der Waals surface area contributed by atoms with Gasteiger partial charge in [-0.15, -0.1) is 0 Å². The molecule has 16 heavy (non-hydrogen) atoms. The summed E-state index contributed by atoms with van der Waals surface area (Å²) in [6.45, 7) is 3.37. The monoisotopic (exact) mass is 223 g/mol. The molecule has 1 aliphatic rings. The van der Waals surface area contributed by atoms with Crippen molar-refractivity contribution >= 4 is 5.82 Å². The van der Waals surface area contributed by atoms with Gasteiger partial charge in [0.15, 0.2) is 0 Å². The molecule has 1 saturated heterocycles. The van der Waals surface area contributed by atoms with Gasteiger partial charge in [0.2, 0.25) is 0 Å². The Balaban J connectivity index is 2.03. The van der Waals surface area contributed by atoms with Crippen LogP contribution in [0.4, 0.5) is 5.82 Å². The Morgan fingerprint density at radius 3 is 2.50 bits per heavy atom.